The second kappa shape index (κ2) is 7.53. The molecule has 0 aliphatic heterocycles. The molecule has 0 fully saturated rings. The minimum absolute atomic E-state index is 0.192. The third-order valence-electron chi connectivity index (χ3n) is 3.67. The molecule has 5 nitrogen and oxygen atoms in total. The van der Waals surface area contributed by atoms with Gasteiger partial charge in [-0.2, -0.15) is 0 Å². The van der Waals surface area contributed by atoms with Crippen molar-refractivity contribution >= 4 is 17.2 Å². The van der Waals surface area contributed by atoms with Crippen molar-refractivity contribution in [3.63, 3.8) is 0 Å². The van der Waals surface area contributed by atoms with Crippen LogP contribution in [0.5, 0.6) is 5.75 Å². The lowest BCUT2D eigenvalue weighted by molar-refractivity contribution is -0.127. The molecule has 0 spiro atoms. The Morgan fingerprint density at radius 3 is 2.68 bits per heavy atom. The van der Waals surface area contributed by atoms with Crippen LogP contribution >= 0.6 is 11.3 Å². The van der Waals surface area contributed by atoms with Gasteiger partial charge in [-0.15, -0.1) is 11.3 Å². The summed E-state index contributed by atoms with van der Waals surface area (Å²) in [5.74, 6) is 1.87. The fraction of sp³-hybridized carbons (Fsp3) is 0.263. The van der Waals surface area contributed by atoms with E-state index in [9.17, 15) is 4.79 Å². The zero-order valence-corrected chi connectivity index (χ0v) is 15.2. The van der Waals surface area contributed by atoms with Crippen molar-refractivity contribution in [3.05, 3.63) is 58.1 Å². The number of aromatic nitrogens is 1. The van der Waals surface area contributed by atoms with E-state index >= 15 is 0 Å². The lowest BCUT2D eigenvalue weighted by Crippen LogP contribution is -2.35. The number of hydrogen-bond donors (Lipinski definition) is 1. The molecule has 0 aliphatic rings. The van der Waals surface area contributed by atoms with Crippen LogP contribution < -0.4 is 10.1 Å². The van der Waals surface area contributed by atoms with E-state index in [-0.39, 0.29) is 5.91 Å². The van der Waals surface area contributed by atoms with Gasteiger partial charge in [-0.05, 0) is 45.0 Å². The zero-order chi connectivity index (χ0) is 17.8. The fourth-order valence-electron chi connectivity index (χ4n) is 2.28. The fourth-order valence-corrected chi connectivity index (χ4v) is 2.88. The number of carbonyl (C=O) groups is 1. The molecule has 130 valence electrons. The summed E-state index contributed by atoms with van der Waals surface area (Å²) in [6.45, 7) is 5.99. The molecule has 6 heteroatoms. The van der Waals surface area contributed by atoms with Crippen LogP contribution in [0.3, 0.4) is 0 Å². The van der Waals surface area contributed by atoms with E-state index in [1.165, 1.54) is 0 Å². The van der Waals surface area contributed by atoms with Gasteiger partial charge in [-0.3, -0.25) is 4.79 Å². The number of thiazole rings is 1. The van der Waals surface area contributed by atoms with Crippen LogP contribution in [-0.2, 0) is 11.3 Å². The van der Waals surface area contributed by atoms with Crippen LogP contribution in [0.1, 0.15) is 23.3 Å². The van der Waals surface area contributed by atoms with E-state index < -0.39 is 6.10 Å². The van der Waals surface area contributed by atoms with E-state index in [1.54, 1.807) is 18.3 Å². The number of nitrogens with one attached hydrogen (secondary N) is 1. The molecule has 1 amide bonds. The largest absolute Gasteiger partial charge is 0.481 e. The number of furan rings is 1. The second-order valence-corrected chi connectivity index (χ2v) is 6.87. The molecular weight excluding hydrogens is 336 g/mol. The maximum absolute atomic E-state index is 12.2. The summed E-state index contributed by atoms with van der Waals surface area (Å²) in [5.41, 5.74) is 1.96. The molecule has 0 bridgehead atoms. The van der Waals surface area contributed by atoms with Crippen LogP contribution in [0, 0.1) is 13.8 Å². The summed E-state index contributed by atoms with van der Waals surface area (Å²) in [6.07, 6.45) is -0.585. The molecule has 1 aromatic carbocycles. The van der Waals surface area contributed by atoms with Gasteiger partial charge in [0.25, 0.3) is 5.91 Å². The van der Waals surface area contributed by atoms with Gasteiger partial charge in [0.05, 0.1) is 11.6 Å². The van der Waals surface area contributed by atoms with Crippen LogP contribution in [0.25, 0.3) is 11.5 Å². The highest BCUT2D eigenvalue weighted by molar-refractivity contribution is 7.09. The number of nitrogens with zero attached hydrogens (tertiary/aromatic N) is 1. The van der Waals surface area contributed by atoms with Crippen molar-refractivity contribution in [3.8, 4) is 17.2 Å². The summed E-state index contributed by atoms with van der Waals surface area (Å²) >= 11 is 1.57. The van der Waals surface area contributed by atoms with Crippen molar-refractivity contribution in [2.24, 2.45) is 0 Å². The molecule has 0 saturated heterocycles. The number of benzene rings is 1. The Balaban J connectivity index is 1.53. The lowest BCUT2D eigenvalue weighted by atomic mass is 10.2. The highest BCUT2D eigenvalue weighted by Gasteiger charge is 2.15. The highest BCUT2D eigenvalue weighted by atomic mass is 32.1. The van der Waals surface area contributed by atoms with Crippen LogP contribution in [0.2, 0.25) is 0 Å². The lowest BCUT2D eigenvalue weighted by Gasteiger charge is -2.14. The normalized spacial score (nSPS) is 12.0. The molecule has 3 aromatic rings. The molecule has 1 unspecified atom stereocenters. The highest BCUT2D eigenvalue weighted by Crippen LogP contribution is 2.23. The Hall–Kier alpha value is -2.60. The van der Waals surface area contributed by atoms with Gasteiger partial charge < -0.3 is 14.5 Å². The maximum atomic E-state index is 12.2. The van der Waals surface area contributed by atoms with Crippen molar-refractivity contribution in [2.45, 2.75) is 33.4 Å². The van der Waals surface area contributed by atoms with Crippen molar-refractivity contribution in [1.82, 2.24) is 10.3 Å². The van der Waals surface area contributed by atoms with E-state index in [2.05, 4.69) is 10.3 Å². The predicted molar refractivity (Wildman–Crippen MR) is 97.7 cm³/mol. The molecule has 0 radical (unpaired) electrons. The van der Waals surface area contributed by atoms with Gasteiger partial charge in [-0.25, -0.2) is 4.98 Å². The van der Waals surface area contributed by atoms with E-state index in [0.717, 1.165) is 16.3 Å². The van der Waals surface area contributed by atoms with Gasteiger partial charge in [0.1, 0.15) is 17.2 Å². The van der Waals surface area contributed by atoms with E-state index in [1.807, 2.05) is 55.6 Å². The maximum Gasteiger partial charge on any atom is 0.261 e. The van der Waals surface area contributed by atoms with Crippen molar-refractivity contribution < 1.29 is 13.9 Å². The third-order valence-corrected chi connectivity index (χ3v) is 4.45. The third kappa shape index (κ3) is 4.48. The van der Waals surface area contributed by atoms with E-state index in [4.69, 9.17) is 9.15 Å². The molecular formula is C19H20N2O3S. The monoisotopic (exact) mass is 356 g/mol. The van der Waals surface area contributed by atoms with Gasteiger partial charge in [-0.1, -0.05) is 17.7 Å². The Labute approximate surface area is 150 Å². The van der Waals surface area contributed by atoms with Crippen molar-refractivity contribution in [1.29, 1.82) is 0 Å². The Kier molecular flexibility index (Phi) is 5.19. The molecule has 25 heavy (non-hydrogen) atoms. The number of hydrogen-bond acceptors (Lipinski definition) is 5. The number of rotatable bonds is 6. The molecule has 0 aliphatic carbocycles. The Bertz CT molecular complexity index is 852. The minimum Gasteiger partial charge on any atom is -0.481 e. The quantitative estimate of drug-likeness (QED) is 0.722. The average molecular weight is 356 g/mol. The summed E-state index contributed by atoms with van der Waals surface area (Å²) < 4.78 is 11.4. The Morgan fingerprint density at radius 2 is 2.00 bits per heavy atom. The van der Waals surface area contributed by atoms with Crippen LogP contribution in [-0.4, -0.2) is 17.0 Å². The second-order valence-electron chi connectivity index (χ2n) is 5.81. The van der Waals surface area contributed by atoms with Gasteiger partial charge in [0.2, 0.25) is 0 Å². The number of carbonyl (C=O) groups excluding carboxylic acids is 1. The summed E-state index contributed by atoms with van der Waals surface area (Å²) in [7, 11) is 0. The van der Waals surface area contributed by atoms with Crippen LogP contribution in [0.4, 0.5) is 0 Å². The first-order valence-electron chi connectivity index (χ1n) is 8.03. The van der Waals surface area contributed by atoms with Crippen LogP contribution in [0.15, 0.2) is 46.2 Å². The smallest absolute Gasteiger partial charge is 0.261 e. The first-order valence-corrected chi connectivity index (χ1v) is 8.91. The first-order chi connectivity index (χ1) is 12.0. The molecule has 2 heterocycles. The van der Waals surface area contributed by atoms with Gasteiger partial charge in [0, 0.05) is 5.38 Å². The number of aryl methyl sites for hydroxylation is 2. The predicted octanol–water partition coefficient (Wildman–Crippen LogP) is 4.10. The molecule has 1 N–H and O–H groups in total. The minimum atomic E-state index is -0.585. The summed E-state index contributed by atoms with van der Waals surface area (Å²) in [5, 5.41) is 5.77. The summed E-state index contributed by atoms with van der Waals surface area (Å²) in [4.78, 5) is 16.6. The molecule has 0 saturated carbocycles. The molecule has 1 atom stereocenters. The van der Waals surface area contributed by atoms with E-state index in [0.29, 0.717) is 23.8 Å². The Morgan fingerprint density at radius 1 is 1.24 bits per heavy atom. The molecule has 3 rings (SSSR count). The van der Waals surface area contributed by atoms with Crippen molar-refractivity contribution in [2.75, 3.05) is 0 Å². The topological polar surface area (TPSA) is 64.4 Å². The summed E-state index contributed by atoms with van der Waals surface area (Å²) in [6, 6.07) is 11.3. The number of amides is 1. The van der Waals surface area contributed by atoms with Gasteiger partial charge in [0.15, 0.2) is 11.9 Å². The zero-order valence-electron chi connectivity index (χ0n) is 14.4. The average Bonchev–Trinajstić information content (AvgIpc) is 3.23. The SMILES string of the molecule is Cc1ccc(OC(C)C(=O)NCc2ccc(-c3csc(C)n3)o2)cc1. The molecule has 2 aromatic heterocycles. The first kappa shape index (κ1) is 17.2. The van der Waals surface area contributed by atoms with Gasteiger partial charge >= 0.3 is 0 Å². The number of ether oxygens (including phenoxy) is 1. The standard InChI is InChI=1S/C19H20N2O3S/c1-12-4-6-15(7-5-12)23-13(2)19(22)20-10-16-8-9-18(24-16)17-11-25-14(3)21-17/h4-9,11,13H,10H2,1-3H3,(H,20,22).